The average Bonchev–Trinajstić information content (AvgIpc) is 3.11. The Morgan fingerprint density at radius 1 is 1.28 bits per heavy atom. The quantitative estimate of drug-likeness (QED) is 0.643. The van der Waals surface area contributed by atoms with E-state index in [1.54, 1.807) is 23.1 Å². The van der Waals surface area contributed by atoms with Crippen LogP contribution in [-0.4, -0.2) is 75.7 Å². The standard InChI is InChI=1S/C23H28N6O3/c1-12(13-3-2-4-14(5-13)21(26)30)28-17-8-20(23(28)32)27(10-17)11-18(25)22(31)29-16(9-24)6-15-7-19(15)29/h2-5,12,15-20H,6-8,10-11,25H2,1H3,(H2,26,30)/t12-,15?,16+,17-,18+,19+,20-/m1/s1. The Balaban J connectivity index is 1.24. The van der Waals surface area contributed by atoms with E-state index in [1.807, 2.05) is 22.8 Å². The fourth-order valence-electron chi connectivity index (χ4n) is 5.92. The van der Waals surface area contributed by atoms with Gasteiger partial charge in [0.05, 0.1) is 24.2 Å². The molecule has 9 nitrogen and oxygen atoms in total. The molecule has 3 aliphatic heterocycles. The fourth-order valence-corrected chi connectivity index (χ4v) is 5.92. The number of nitriles is 1. The topological polar surface area (TPSA) is 137 Å². The van der Waals surface area contributed by atoms with Crippen LogP contribution in [0.5, 0.6) is 0 Å². The van der Waals surface area contributed by atoms with Gasteiger partial charge in [-0.1, -0.05) is 12.1 Å². The van der Waals surface area contributed by atoms with E-state index in [1.165, 1.54) is 0 Å². The minimum Gasteiger partial charge on any atom is -0.366 e. The smallest absolute Gasteiger partial charge is 0.248 e. The zero-order valence-corrected chi connectivity index (χ0v) is 18.1. The van der Waals surface area contributed by atoms with Gasteiger partial charge in [-0.05, 0) is 49.8 Å². The van der Waals surface area contributed by atoms with E-state index in [4.69, 9.17) is 11.5 Å². The first-order valence-corrected chi connectivity index (χ1v) is 11.2. The second-order valence-corrected chi connectivity index (χ2v) is 9.57. The van der Waals surface area contributed by atoms with Gasteiger partial charge in [-0.2, -0.15) is 5.26 Å². The summed E-state index contributed by atoms with van der Waals surface area (Å²) < 4.78 is 0. The van der Waals surface area contributed by atoms with Crippen LogP contribution in [0.4, 0.5) is 0 Å². The molecule has 1 unspecified atom stereocenters. The number of benzene rings is 1. The van der Waals surface area contributed by atoms with Crippen molar-refractivity contribution in [2.24, 2.45) is 17.4 Å². The highest BCUT2D eigenvalue weighted by Crippen LogP contribution is 2.48. The third-order valence-corrected chi connectivity index (χ3v) is 7.64. The van der Waals surface area contributed by atoms with E-state index in [2.05, 4.69) is 6.07 Å². The lowest BCUT2D eigenvalue weighted by Crippen LogP contribution is -2.57. The van der Waals surface area contributed by atoms with E-state index in [0.29, 0.717) is 31.0 Å². The van der Waals surface area contributed by atoms with Crippen LogP contribution in [0, 0.1) is 17.2 Å². The summed E-state index contributed by atoms with van der Waals surface area (Å²) in [7, 11) is 0. The Bertz CT molecular complexity index is 1020. The summed E-state index contributed by atoms with van der Waals surface area (Å²) in [5.41, 5.74) is 13.0. The molecule has 3 heterocycles. The molecule has 4 fully saturated rings. The molecule has 0 spiro atoms. The van der Waals surface area contributed by atoms with Gasteiger partial charge in [-0.3, -0.25) is 19.3 Å². The number of piperidine rings is 1. The Kier molecular flexibility index (Phi) is 4.95. The number of rotatable bonds is 6. The number of amides is 3. The number of carbonyl (C=O) groups excluding carboxylic acids is 3. The number of piperazine rings is 1. The second-order valence-electron chi connectivity index (χ2n) is 9.57. The lowest BCUT2D eigenvalue weighted by atomic mass is 10.0. The van der Waals surface area contributed by atoms with Crippen LogP contribution in [0.15, 0.2) is 24.3 Å². The van der Waals surface area contributed by atoms with Gasteiger partial charge in [0.25, 0.3) is 0 Å². The zero-order valence-electron chi connectivity index (χ0n) is 18.1. The normalized spacial score (nSPS) is 32.5. The molecule has 1 saturated carbocycles. The number of primary amides is 1. The molecule has 1 aliphatic carbocycles. The SMILES string of the molecule is C[C@H](c1cccc(C(N)=O)c1)N1C(=O)[C@H]2C[C@@H]1CN2C[C@H](N)C(=O)N1[C@H](C#N)CC2C[C@@H]21. The van der Waals surface area contributed by atoms with E-state index >= 15 is 0 Å². The third kappa shape index (κ3) is 3.26. The van der Waals surface area contributed by atoms with Crippen LogP contribution in [0.1, 0.15) is 48.1 Å². The first kappa shape index (κ1) is 20.9. The first-order chi connectivity index (χ1) is 15.3. The number of fused-ring (bicyclic) bond motifs is 3. The number of carbonyl (C=O) groups is 3. The number of hydrogen-bond donors (Lipinski definition) is 2. The predicted octanol–water partition coefficient (Wildman–Crippen LogP) is -0.0281. The van der Waals surface area contributed by atoms with Crippen molar-refractivity contribution >= 4 is 17.7 Å². The minimum absolute atomic E-state index is 0.0243. The van der Waals surface area contributed by atoms with Crippen molar-refractivity contribution in [3.63, 3.8) is 0 Å². The molecule has 0 aromatic heterocycles. The molecule has 2 bridgehead atoms. The summed E-state index contributed by atoms with van der Waals surface area (Å²) in [4.78, 5) is 43.3. The Morgan fingerprint density at radius 3 is 2.75 bits per heavy atom. The Morgan fingerprint density at radius 2 is 2.06 bits per heavy atom. The molecule has 5 rings (SSSR count). The lowest BCUT2D eigenvalue weighted by molar-refractivity contribution is -0.141. The predicted molar refractivity (Wildman–Crippen MR) is 115 cm³/mol. The second kappa shape index (κ2) is 7.57. The maximum atomic E-state index is 13.2. The number of likely N-dealkylation sites (tertiary alicyclic amines) is 3. The molecule has 1 aromatic rings. The number of nitrogens with two attached hydrogens (primary N) is 2. The molecule has 3 amide bonds. The van der Waals surface area contributed by atoms with Crippen LogP contribution in [0.25, 0.3) is 0 Å². The van der Waals surface area contributed by atoms with Crippen LogP contribution < -0.4 is 11.5 Å². The highest BCUT2D eigenvalue weighted by Gasteiger charge is 2.56. The van der Waals surface area contributed by atoms with Crippen LogP contribution in [-0.2, 0) is 9.59 Å². The van der Waals surface area contributed by atoms with Gasteiger partial charge in [0.15, 0.2) is 0 Å². The zero-order chi connectivity index (χ0) is 22.7. The van der Waals surface area contributed by atoms with Crippen molar-refractivity contribution in [1.29, 1.82) is 5.26 Å². The van der Waals surface area contributed by atoms with Crippen LogP contribution >= 0.6 is 0 Å². The molecule has 1 aromatic carbocycles. The van der Waals surface area contributed by atoms with Gasteiger partial charge in [-0.15, -0.1) is 0 Å². The average molecular weight is 437 g/mol. The molecule has 168 valence electrons. The summed E-state index contributed by atoms with van der Waals surface area (Å²) >= 11 is 0. The van der Waals surface area contributed by atoms with E-state index in [0.717, 1.165) is 18.4 Å². The fraction of sp³-hybridized carbons (Fsp3) is 0.565. The highest BCUT2D eigenvalue weighted by atomic mass is 16.2. The molecule has 4 aliphatic rings. The van der Waals surface area contributed by atoms with Crippen molar-refractivity contribution in [3.05, 3.63) is 35.4 Å². The minimum atomic E-state index is -0.740. The molecule has 0 radical (unpaired) electrons. The maximum Gasteiger partial charge on any atom is 0.248 e. The van der Waals surface area contributed by atoms with Gasteiger partial charge in [0.2, 0.25) is 17.7 Å². The molecule has 3 saturated heterocycles. The van der Waals surface area contributed by atoms with Crippen molar-refractivity contribution < 1.29 is 14.4 Å². The molecular formula is C23H28N6O3. The van der Waals surface area contributed by atoms with Crippen LogP contribution in [0.2, 0.25) is 0 Å². The third-order valence-electron chi connectivity index (χ3n) is 7.64. The van der Waals surface area contributed by atoms with E-state index in [9.17, 15) is 19.6 Å². The van der Waals surface area contributed by atoms with Gasteiger partial charge < -0.3 is 21.3 Å². The summed E-state index contributed by atoms with van der Waals surface area (Å²) in [5.74, 6) is -0.197. The summed E-state index contributed by atoms with van der Waals surface area (Å²) in [5, 5.41) is 9.36. The Labute approximate surface area is 186 Å². The monoisotopic (exact) mass is 436 g/mol. The van der Waals surface area contributed by atoms with E-state index < -0.39 is 11.9 Å². The van der Waals surface area contributed by atoms with Crippen molar-refractivity contribution in [2.45, 2.75) is 62.4 Å². The van der Waals surface area contributed by atoms with Gasteiger partial charge in [0.1, 0.15) is 6.04 Å². The highest BCUT2D eigenvalue weighted by molar-refractivity contribution is 5.93. The maximum absolute atomic E-state index is 13.2. The van der Waals surface area contributed by atoms with Crippen molar-refractivity contribution in [2.75, 3.05) is 13.1 Å². The lowest BCUT2D eigenvalue weighted by Gasteiger charge is -2.38. The summed E-state index contributed by atoms with van der Waals surface area (Å²) in [6.45, 7) is 2.93. The summed E-state index contributed by atoms with van der Waals surface area (Å²) in [6, 6.07) is 7.93. The first-order valence-electron chi connectivity index (χ1n) is 11.2. The van der Waals surface area contributed by atoms with Crippen molar-refractivity contribution in [3.8, 4) is 6.07 Å². The van der Waals surface area contributed by atoms with Crippen molar-refractivity contribution in [1.82, 2.24) is 14.7 Å². The van der Waals surface area contributed by atoms with Gasteiger partial charge in [-0.25, -0.2) is 0 Å². The van der Waals surface area contributed by atoms with E-state index in [-0.39, 0.29) is 42.0 Å². The Hall–Kier alpha value is -2.96. The molecule has 9 heteroatoms. The van der Waals surface area contributed by atoms with Crippen LogP contribution in [0.3, 0.4) is 0 Å². The molecule has 4 N–H and O–H groups in total. The molecular weight excluding hydrogens is 408 g/mol. The summed E-state index contributed by atoms with van der Waals surface area (Å²) in [6.07, 6.45) is 2.42. The molecule has 7 atom stereocenters. The largest absolute Gasteiger partial charge is 0.366 e. The number of nitrogens with zero attached hydrogens (tertiary/aromatic N) is 4. The van der Waals surface area contributed by atoms with Gasteiger partial charge in [0, 0.05) is 30.7 Å². The molecule has 32 heavy (non-hydrogen) atoms. The number of hydrogen-bond acceptors (Lipinski definition) is 6. The van der Waals surface area contributed by atoms with Gasteiger partial charge >= 0.3 is 0 Å².